The van der Waals surface area contributed by atoms with Crippen LogP contribution in [0.15, 0.2) is 23.3 Å². The predicted octanol–water partition coefficient (Wildman–Crippen LogP) is 3.90. The Morgan fingerprint density at radius 3 is 1.88 bits per heavy atom. The Hall–Kier alpha value is -2.76. The first-order chi connectivity index (χ1) is 11.5. The number of phenolic OH excluding ortho intramolecular Hbond substituents is 4. The lowest BCUT2D eigenvalue weighted by atomic mass is 10.0. The maximum Gasteiger partial charge on any atom is 0.205 e. The lowest BCUT2D eigenvalue weighted by molar-refractivity contribution is -0.104. The van der Waals surface area contributed by atoms with Crippen LogP contribution in [-0.2, 0) is 4.79 Å². The summed E-state index contributed by atoms with van der Waals surface area (Å²) < 4.78 is 0. The van der Waals surface area contributed by atoms with E-state index in [4.69, 9.17) is 10.2 Å². The van der Waals surface area contributed by atoms with Crippen LogP contribution < -0.4 is 0 Å². The van der Waals surface area contributed by atoms with Crippen LogP contribution in [0.5, 0.6) is 23.0 Å². The Morgan fingerprint density at radius 1 is 0.920 bits per heavy atom. The summed E-state index contributed by atoms with van der Waals surface area (Å²) in [5.74, 6) is -3.55. The van der Waals surface area contributed by atoms with Crippen molar-refractivity contribution in [3.8, 4) is 23.0 Å². The number of allylic oxidation sites excluding steroid dienone is 4. The van der Waals surface area contributed by atoms with Crippen LogP contribution in [0.3, 0.4) is 0 Å². The van der Waals surface area contributed by atoms with E-state index in [-0.39, 0.29) is 11.1 Å². The minimum absolute atomic E-state index is 0.0327. The van der Waals surface area contributed by atoms with Crippen LogP contribution in [0.1, 0.15) is 56.5 Å². The van der Waals surface area contributed by atoms with Crippen molar-refractivity contribution in [1.82, 2.24) is 0 Å². The Morgan fingerprint density at radius 2 is 1.44 bits per heavy atom. The highest BCUT2D eigenvalue weighted by Crippen LogP contribution is 2.46. The van der Waals surface area contributed by atoms with Gasteiger partial charge in [0.1, 0.15) is 6.29 Å². The van der Waals surface area contributed by atoms with Crippen LogP contribution in [0.2, 0.25) is 0 Å². The van der Waals surface area contributed by atoms with Gasteiger partial charge in [-0.15, -0.1) is 0 Å². The van der Waals surface area contributed by atoms with Crippen LogP contribution in [-0.4, -0.2) is 32.5 Å². The number of hydrogen-bond donors (Lipinski definition) is 4. The number of rotatable bonds is 5. The van der Waals surface area contributed by atoms with E-state index in [0.717, 1.165) is 24.7 Å². The quantitative estimate of drug-likeness (QED) is 0.160. The lowest BCUT2D eigenvalue weighted by Crippen LogP contribution is -1.97. The summed E-state index contributed by atoms with van der Waals surface area (Å²) in [4.78, 5) is 21.1. The monoisotopic (exact) mass is 350 g/mol. The van der Waals surface area contributed by atoms with Crippen LogP contribution in [0, 0.1) is 6.92 Å². The van der Waals surface area contributed by atoms with E-state index in [1.807, 2.05) is 6.92 Å². The minimum atomic E-state index is -0.890. The molecule has 0 aliphatic heterocycles. The molecular formula is C19H26O6. The second-order valence-corrected chi connectivity index (χ2v) is 5.92. The largest absolute Gasteiger partial charge is 0.504 e. The zero-order valence-electron chi connectivity index (χ0n) is 15.3. The summed E-state index contributed by atoms with van der Waals surface area (Å²) in [5, 5.41) is 36.8. The third-order valence-corrected chi connectivity index (χ3v) is 3.44. The van der Waals surface area contributed by atoms with Gasteiger partial charge in [0.2, 0.25) is 11.5 Å². The van der Waals surface area contributed by atoms with Crippen LogP contribution in [0.25, 0.3) is 0 Å². The number of aldehydes is 1. The smallest absolute Gasteiger partial charge is 0.205 e. The van der Waals surface area contributed by atoms with E-state index >= 15 is 0 Å². The first kappa shape index (κ1) is 22.2. The molecule has 6 nitrogen and oxygen atoms in total. The Labute approximate surface area is 147 Å². The fraction of sp³-hybridized carbons (Fsp3) is 0.368. The second kappa shape index (κ2) is 10.2. The number of hydrogen-bond acceptors (Lipinski definition) is 6. The molecule has 6 heteroatoms. The Bertz CT molecular complexity index is 665. The molecule has 1 aromatic carbocycles. The van der Waals surface area contributed by atoms with Gasteiger partial charge in [0.15, 0.2) is 17.3 Å². The molecule has 0 bridgehead atoms. The molecule has 25 heavy (non-hydrogen) atoms. The Balaban J connectivity index is 0.000000477. The van der Waals surface area contributed by atoms with Crippen LogP contribution in [0.4, 0.5) is 0 Å². The topological polar surface area (TPSA) is 115 Å². The second-order valence-electron chi connectivity index (χ2n) is 5.92. The van der Waals surface area contributed by atoms with E-state index in [0.29, 0.717) is 0 Å². The molecule has 0 atom stereocenters. The maximum absolute atomic E-state index is 11.0. The van der Waals surface area contributed by atoms with Gasteiger partial charge in [0, 0.05) is 5.56 Å². The van der Waals surface area contributed by atoms with Gasteiger partial charge in [0.05, 0.1) is 5.56 Å². The molecule has 0 heterocycles. The van der Waals surface area contributed by atoms with Crippen molar-refractivity contribution in [3.05, 3.63) is 34.4 Å². The molecule has 1 aromatic rings. The van der Waals surface area contributed by atoms with Crippen LogP contribution >= 0.6 is 0 Å². The highest BCUT2D eigenvalue weighted by Gasteiger charge is 2.22. The standard InChI is InChI=1S/C10H16O.C9H10O5/c1-9(2)5-4-6-10(3)7-8-11;1-3-5(4(2)10)7(12)9(14)8(13)6(3)11/h5,7-8H,4,6H2,1-3H3;11-14H,1-2H3. The normalized spacial score (nSPS) is 10.5. The number of Topliss-reactive ketones (excluding diaryl/α,β-unsaturated/α-hetero) is 1. The number of benzene rings is 1. The van der Waals surface area contributed by atoms with Crippen molar-refractivity contribution in [2.75, 3.05) is 0 Å². The van der Waals surface area contributed by atoms with Gasteiger partial charge in [-0.05, 0) is 53.5 Å². The minimum Gasteiger partial charge on any atom is -0.504 e. The summed E-state index contributed by atoms with van der Waals surface area (Å²) in [5.41, 5.74) is 2.32. The predicted molar refractivity (Wildman–Crippen MR) is 96.3 cm³/mol. The van der Waals surface area contributed by atoms with E-state index in [1.54, 1.807) is 6.08 Å². The third kappa shape index (κ3) is 6.71. The molecule has 138 valence electrons. The summed E-state index contributed by atoms with van der Waals surface area (Å²) in [6.45, 7) is 8.67. The van der Waals surface area contributed by atoms with Crippen molar-refractivity contribution in [2.24, 2.45) is 0 Å². The van der Waals surface area contributed by atoms with Crippen molar-refractivity contribution < 1.29 is 30.0 Å². The fourth-order valence-electron chi connectivity index (χ4n) is 2.04. The zero-order valence-corrected chi connectivity index (χ0v) is 15.3. The molecular weight excluding hydrogens is 324 g/mol. The number of ketones is 1. The summed E-state index contributed by atoms with van der Waals surface area (Å²) in [7, 11) is 0. The van der Waals surface area contributed by atoms with Crippen molar-refractivity contribution in [1.29, 1.82) is 0 Å². The fourth-order valence-corrected chi connectivity index (χ4v) is 2.04. The average molecular weight is 350 g/mol. The molecule has 0 saturated carbocycles. The molecule has 0 aliphatic carbocycles. The van der Waals surface area contributed by atoms with Gasteiger partial charge >= 0.3 is 0 Å². The molecule has 0 unspecified atom stereocenters. The summed E-state index contributed by atoms with van der Waals surface area (Å²) in [6.07, 6.45) is 6.68. The highest BCUT2D eigenvalue weighted by molar-refractivity contribution is 6.00. The summed E-state index contributed by atoms with van der Waals surface area (Å²) >= 11 is 0. The maximum atomic E-state index is 11.0. The van der Waals surface area contributed by atoms with Gasteiger partial charge in [-0.3, -0.25) is 9.59 Å². The van der Waals surface area contributed by atoms with Gasteiger partial charge in [-0.25, -0.2) is 0 Å². The first-order valence-corrected chi connectivity index (χ1v) is 7.76. The molecule has 4 N–H and O–H groups in total. The van der Waals surface area contributed by atoms with E-state index in [9.17, 15) is 19.8 Å². The van der Waals surface area contributed by atoms with Crippen molar-refractivity contribution in [3.63, 3.8) is 0 Å². The van der Waals surface area contributed by atoms with E-state index in [2.05, 4.69) is 19.9 Å². The first-order valence-electron chi connectivity index (χ1n) is 7.76. The molecule has 0 aliphatic rings. The highest BCUT2D eigenvalue weighted by atomic mass is 16.3. The SMILES string of the molecule is CC(=O)c1c(C)c(O)c(O)c(O)c1O.CC(C)=CCCC(C)=CC=O. The van der Waals surface area contributed by atoms with Gasteiger partial charge in [0.25, 0.3) is 0 Å². The van der Waals surface area contributed by atoms with Gasteiger partial charge < -0.3 is 20.4 Å². The number of aromatic hydroxyl groups is 4. The third-order valence-electron chi connectivity index (χ3n) is 3.44. The summed E-state index contributed by atoms with van der Waals surface area (Å²) in [6, 6.07) is 0. The zero-order chi connectivity index (χ0) is 19.7. The van der Waals surface area contributed by atoms with Crippen molar-refractivity contribution >= 4 is 12.1 Å². The lowest BCUT2D eigenvalue weighted by Gasteiger charge is -2.10. The van der Waals surface area contributed by atoms with Crippen molar-refractivity contribution in [2.45, 2.75) is 47.5 Å². The van der Waals surface area contributed by atoms with Gasteiger partial charge in [-0.1, -0.05) is 17.2 Å². The van der Waals surface area contributed by atoms with E-state index < -0.39 is 28.8 Å². The molecule has 0 radical (unpaired) electrons. The number of carbonyl (C=O) groups excluding carboxylic acids is 2. The number of phenols is 4. The molecule has 0 spiro atoms. The van der Waals surface area contributed by atoms with E-state index in [1.165, 1.54) is 19.4 Å². The number of carbonyl (C=O) groups is 2. The molecule has 0 saturated heterocycles. The molecule has 0 amide bonds. The molecule has 0 aromatic heterocycles. The molecule has 0 fully saturated rings. The van der Waals surface area contributed by atoms with Gasteiger partial charge in [-0.2, -0.15) is 0 Å². The molecule has 1 rings (SSSR count). The Kier molecular flexibility index (Phi) is 9.05. The average Bonchev–Trinajstić information content (AvgIpc) is 2.51.